The number of hydrogen-bond donors (Lipinski definition) is 1. The van der Waals surface area contributed by atoms with Crippen LogP contribution in [0.15, 0.2) is 24.3 Å². The van der Waals surface area contributed by atoms with E-state index in [1.54, 1.807) is 0 Å². The van der Waals surface area contributed by atoms with Crippen molar-refractivity contribution >= 4 is 17.3 Å². The van der Waals surface area contributed by atoms with E-state index in [9.17, 15) is 0 Å². The highest BCUT2D eigenvalue weighted by Gasteiger charge is 1.95. The maximum absolute atomic E-state index is 5.62. The van der Waals surface area contributed by atoms with Crippen LogP contribution in [0.3, 0.4) is 0 Å². The topological polar surface area (TPSA) is 62.9 Å². The van der Waals surface area contributed by atoms with Gasteiger partial charge in [-0.1, -0.05) is 12.8 Å². The first kappa shape index (κ1) is 21.0. The Kier molecular flexibility index (Phi) is 13.6. The quantitative estimate of drug-likeness (QED) is 0.278. The maximum atomic E-state index is 5.62. The lowest BCUT2D eigenvalue weighted by Gasteiger charge is -2.08. The van der Waals surface area contributed by atoms with Crippen molar-refractivity contribution < 1.29 is 18.9 Å². The lowest BCUT2D eigenvalue weighted by atomic mass is 10.2. The molecule has 0 spiro atoms. The Morgan fingerprint density at radius 2 is 1.21 bits per heavy atom. The van der Waals surface area contributed by atoms with E-state index in [-0.39, 0.29) is 0 Å². The summed E-state index contributed by atoms with van der Waals surface area (Å²) in [5.41, 5.74) is 6.33. The molecule has 1 aromatic rings. The van der Waals surface area contributed by atoms with E-state index in [4.69, 9.17) is 36.3 Å². The average molecular weight is 360 g/mol. The number of rotatable bonds is 16. The molecule has 0 bridgehead atoms. The van der Waals surface area contributed by atoms with Gasteiger partial charge in [0.2, 0.25) is 0 Å². The second-order valence-corrected chi connectivity index (χ2v) is 5.74. The molecule has 0 fully saturated rings. The van der Waals surface area contributed by atoms with Gasteiger partial charge >= 0.3 is 0 Å². The fourth-order valence-electron chi connectivity index (χ4n) is 1.98. The summed E-state index contributed by atoms with van der Waals surface area (Å²) in [5.74, 6) is 1.55. The Morgan fingerprint density at radius 3 is 1.83 bits per heavy atom. The molecule has 0 aliphatic carbocycles. The van der Waals surface area contributed by atoms with E-state index in [1.807, 2.05) is 24.3 Å². The molecular weight excluding hydrogens is 330 g/mol. The van der Waals surface area contributed by atoms with Crippen LogP contribution in [0.5, 0.6) is 5.75 Å². The molecule has 0 aliphatic heterocycles. The van der Waals surface area contributed by atoms with Gasteiger partial charge in [-0.2, -0.15) is 0 Å². The zero-order valence-electron chi connectivity index (χ0n) is 14.4. The molecule has 0 saturated heterocycles. The van der Waals surface area contributed by atoms with Gasteiger partial charge in [0, 0.05) is 18.2 Å². The molecule has 1 rings (SSSR count). The fraction of sp³-hybridized carbons (Fsp3) is 0.667. The van der Waals surface area contributed by atoms with Crippen molar-refractivity contribution in [2.75, 3.05) is 57.9 Å². The largest absolute Gasteiger partial charge is 0.491 e. The summed E-state index contributed by atoms with van der Waals surface area (Å²) in [6.07, 6.45) is 4.55. The van der Waals surface area contributed by atoms with Crippen molar-refractivity contribution in [3.63, 3.8) is 0 Å². The van der Waals surface area contributed by atoms with Crippen LogP contribution in [-0.4, -0.2) is 52.1 Å². The van der Waals surface area contributed by atoms with Crippen molar-refractivity contribution in [2.45, 2.75) is 25.7 Å². The second-order valence-electron chi connectivity index (χ2n) is 5.36. The summed E-state index contributed by atoms with van der Waals surface area (Å²) in [6, 6.07) is 7.31. The number of alkyl halides is 1. The molecule has 6 heteroatoms. The molecule has 0 amide bonds. The van der Waals surface area contributed by atoms with E-state index in [0.29, 0.717) is 39.6 Å². The SMILES string of the molecule is Nc1ccc(OCCOCCOCCOCCCCCCCl)cc1. The van der Waals surface area contributed by atoms with Gasteiger partial charge in [0.05, 0.1) is 33.0 Å². The number of ether oxygens (including phenoxy) is 4. The Hall–Kier alpha value is -1.01. The van der Waals surface area contributed by atoms with E-state index in [0.717, 1.165) is 36.8 Å². The summed E-state index contributed by atoms with van der Waals surface area (Å²) in [6.45, 7) is 4.21. The molecule has 0 saturated carbocycles. The van der Waals surface area contributed by atoms with Gasteiger partial charge < -0.3 is 24.7 Å². The highest BCUT2D eigenvalue weighted by atomic mass is 35.5. The Labute approximate surface area is 150 Å². The van der Waals surface area contributed by atoms with Gasteiger partial charge in [0.25, 0.3) is 0 Å². The Bertz CT molecular complexity index is 389. The van der Waals surface area contributed by atoms with Gasteiger partial charge in [-0.25, -0.2) is 0 Å². The van der Waals surface area contributed by atoms with Crippen LogP contribution in [0.4, 0.5) is 5.69 Å². The van der Waals surface area contributed by atoms with Crippen molar-refractivity contribution in [1.29, 1.82) is 0 Å². The van der Waals surface area contributed by atoms with Gasteiger partial charge in [-0.15, -0.1) is 11.6 Å². The zero-order valence-corrected chi connectivity index (χ0v) is 15.1. The predicted molar refractivity (Wildman–Crippen MR) is 98.0 cm³/mol. The number of nitrogens with two attached hydrogens (primary N) is 1. The van der Waals surface area contributed by atoms with Crippen LogP contribution in [-0.2, 0) is 14.2 Å². The first-order chi connectivity index (χ1) is 11.8. The molecule has 0 radical (unpaired) electrons. The number of nitrogen functional groups attached to an aromatic ring is 1. The van der Waals surface area contributed by atoms with Crippen LogP contribution in [0.25, 0.3) is 0 Å². The summed E-state index contributed by atoms with van der Waals surface area (Å²) < 4.78 is 21.9. The Morgan fingerprint density at radius 1 is 0.667 bits per heavy atom. The molecule has 24 heavy (non-hydrogen) atoms. The van der Waals surface area contributed by atoms with E-state index >= 15 is 0 Å². The maximum Gasteiger partial charge on any atom is 0.119 e. The molecule has 0 aliphatic rings. The summed E-state index contributed by atoms with van der Waals surface area (Å²) in [4.78, 5) is 0. The van der Waals surface area contributed by atoms with Gasteiger partial charge in [-0.05, 0) is 37.1 Å². The number of unbranched alkanes of at least 4 members (excludes halogenated alkanes) is 3. The third-order valence-corrected chi connectivity index (χ3v) is 3.56. The van der Waals surface area contributed by atoms with Gasteiger partial charge in [0.15, 0.2) is 0 Å². The third kappa shape index (κ3) is 12.4. The van der Waals surface area contributed by atoms with Crippen LogP contribution in [0, 0.1) is 0 Å². The molecule has 5 nitrogen and oxygen atoms in total. The van der Waals surface area contributed by atoms with E-state index in [2.05, 4.69) is 0 Å². The van der Waals surface area contributed by atoms with Crippen molar-refractivity contribution in [1.82, 2.24) is 0 Å². The summed E-state index contributed by atoms with van der Waals surface area (Å²) >= 11 is 5.62. The van der Waals surface area contributed by atoms with Gasteiger partial charge in [-0.3, -0.25) is 0 Å². The molecule has 0 aromatic heterocycles. The van der Waals surface area contributed by atoms with Crippen LogP contribution >= 0.6 is 11.6 Å². The molecule has 2 N–H and O–H groups in total. The molecule has 0 heterocycles. The zero-order chi connectivity index (χ0) is 17.3. The monoisotopic (exact) mass is 359 g/mol. The van der Waals surface area contributed by atoms with Crippen LogP contribution < -0.4 is 10.5 Å². The number of benzene rings is 1. The van der Waals surface area contributed by atoms with Gasteiger partial charge in [0.1, 0.15) is 12.4 Å². The Balaban J connectivity index is 1.75. The van der Waals surface area contributed by atoms with E-state index < -0.39 is 0 Å². The van der Waals surface area contributed by atoms with E-state index in [1.165, 1.54) is 12.8 Å². The number of anilines is 1. The lowest BCUT2D eigenvalue weighted by molar-refractivity contribution is 0.00879. The third-order valence-electron chi connectivity index (χ3n) is 3.29. The fourth-order valence-corrected chi connectivity index (χ4v) is 2.17. The van der Waals surface area contributed by atoms with Crippen LogP contribution in [0.1, 0.15) is 25.7 Å². The molecular formula is C18H30ClNO4. The first-order valence-electron chi connectivity index (χ1n) is 8.60. The minimum atomic E-state index is 0.511. The minimum Gasteiger partial charge on any atom is -0.491 e. The summed E-state index contributed by atoms with van der Waals surface area (Å²) in [7, 11) is 0. The smallest absolute Gasteiger partial charge is 0.119 e. The summed E-state index contributed by atoms with van der Waals surface area (Å²) in [5, 5.41) is 0. The highest BCUT2D eigenvalue weighted by molar-refractivity contribution is 6.17. The molecule has 0 unspecified atom stereocenters. The number of hydrogen-bond acceptors (Lipinski definition) is 5. The van der Waals surface area contributed by atoms with Crippen molar-refractivity contribution in [2.24, 2.45) is 0 Å². The highest BCUT2D eigenvalue weighted by Crippen LogP contribution is 2.12. The molecule has 138 valence electrons. The van der Waals surface area contributed by atoms with Crippen molar-refractivity contribution in [3.8, 4) is 5.75 Å². The van der Waals surface area contributed by atoms with Crippen LogP contribution in [0.2, 0.25) is 0 Å². The first-order valence-corrected chi connectivity index (χ1v) is 9.14. The second kappa shape index (κ2) is 15.5. The number of halogens is 1. The predicted octanol–water partition coefficient (Wildman–Crippen LogP) is 3.50. The average Bonchev–Trinajstić information content (AvgIpc) is 2.60. The molecule has 0 atom stereocenters. The minimum absolute atomic E-state index is 0.511. The standard InChI is InChI=1S/C18H30ClNO4/c19-9-3-1-2-4-10-21-11-12-22-13-14-23-15-16-24-18-7-5-17(20)6-8-18/h5-8H,1-4,9-16,20H2. The van der Waals surface area contributed by atoms with Crippen molar-refractivity contribution in [3.05, 3.63) is 24.3 Å². The molecule has 1 aromatic carbocycles. The lowest BCUT2D eigenvalue weighted by Crippen LogP contribution is -2.13. The normalized spacial score (nSPS) is 10.9.